The molecule has 2 N–H and O–H groups in total. The second-order valence-corrected chi connectivity index (χ2v) is 5.31. The number of fused-ring (bicyclic) bond motifs is 1. The lowest BCUT2D eigenvalue weighted by Gasteiger charge is -2.08. The molecule has 0 spiro atoms. The molecule has 0 aliphatic rings. The van der Waals surface area contributed by atoms with E-state index in [0.29, 0.717) is 10.2 Å². The number of nitrogen functional groups attached to an aromatic ring is 1. The molecule has 0 aliphatic heterocycles. The number of hydrogen-bond acceptors (Lipinski definition) is 2. The molecule has 96 valence electrons. The standard InChI is InChI=1S/C14H11BrFN3/c1-8-2-4-13-11(6-8)18-14(17)19(13)12-5-3-9(15)7-10(12)16/h2-7H,1H3,(H2,17,18). The number of anilines is 1. The van der Waals surface area contributed by atoms with Gasteiger partial charge in [-0.05, 0) is 42.8 Å². The van der Waals surface area contributed by atoms with Gasteiger partial charge in [0.1, 0.15) is 5.82 Å². The summed E-state index contributed by atoms with van der Waals surface area (Å²) in [6.45, 7) is 1.98. The third kappa shape index (κ3) is 2.00. The zero-order valence-corrected chi connectivity index (χ0v) is 11.8. The molecular weight excluding hydrogens is 309 g/mol. The summed E-state index contributed by atoms with van der Waals surface area (Å²) in [4.78, 5) is 4.28. The van der Waals surface area contributed by atoms with Crippen molar-refractivity contribution in [3.8, 4) is 5.69 Å². The maximum Gasteiger partial charge on any atom is 0.206 e. The van der Waals surface area contributed by atoms with Crippen molar-refractivity contribution in [3.63, 3.8) is 0 Å². The molecule has 0 saturated carbocycles. The molecular formula is C14H11BrFN3. The van der Waals surface area contributed by atoms with Crippen LogP contribution in [0.3, 0.4) is 0 Å². The topological polar surface area (TPSA) is 43.8 Å². The summed E-state index contributed by atoms with van der Waals surface area (Å²) >= 11 is 3.24. The zero-order chi connectivity index (χ0) is 13.6. The minimum Gasteiger partial charge on any atom is -0.369 e. The monoisotopic (exact) mass is 319 g/mol. The lowest BCUT2D eigenvalue weighted by atomic mass is 10.2. The summed E-state index contributed by atoms with van der Waals surface area (Å²) in [5, 5.41) is 0. The number of aromatic nitrogens is 2. The first-order valence-corrected chi connectivity index (χ1v) is 6.55. The number of hydrogen-bond donors (Lipinski definition) is 1. The highest BCUT2D eigenvalue weighted by atomic mass is 79.9. The van der Waals surface area contributed by atoms with Gasteiger partial charge in [-0.1, -0.05) is 22.0 Å². The predicted molar refractivity (Wildman–Crippen MR) is 77.9 cm³/mol. The third-order valence-corrected chi connectivity index (χ3v) is 3.48. The Morgan fingerprint density at radius 2 is 2.00 bits per heavy atom. The Balaban J connectivity index is 2.33. The van der Waals surface area contributed by atoms with E-state index >= 15 is 0 Å². The first-order valence-electron chi connectivity index (χ1n) is 5.76. The van der Waals surface area contributed by atoms with Crippen LogP contribution in [0.25, 0.3) is 16.7 Å². The fraction of sp³-hybridized carbons (Fsp3) is 0.0714. The molecule has 0 aliphatic carbocycles. The number of aryl methyl sites for hydroxylation is 1. The van der Waals surface area contributed by atoms with E-state index in [1.165, 1.54) is 6.07 Å². The Hall–Kier alpha value is -1.88. The van der Waals surface area contributed by atoms with Gasteiger partial charge in [-0.25, -0.2) is 9.37 Å². The summed E-state index contributed by atoms with van der Waals surface area (Å²) in [5.41, 5.74) is 8.96. The number of imidazole rings is 1. The van der Waals surface area contributed by atoms with Crippen molar-refractivity contribution in [2.24, 2.45) is 0 Å². The van der Waals surface area contributed by atoms with E-state index in [1.807, 2.05) is 25.1 Å². The van der Waals surface area contributed by atoms with Gasteiger partial charge in [0.05, 0.1) is 16.7 Å². The van der Waals surface area contributed by atoms with Gasteiger partial charge in [0.2, 0.25) is 5.95 Å². The smallest absolute Gasteiger partial charge is 0.206 e. The molecule has 2 aromatic carbocycles. The molecule has 0 saturated heterocycles. The molecule has 3 nitrogen and oxygen atoms in total. The van der Waals surface area contributed by atoms with Crippen molar-refractivity contribution >= 4 is 32.9 Å². The highest BCUT2D eigenvalue weighted by Crippen LogP contribution is 2.26. The van der Waals surface area contributed by atoms with Gasteiger partial charge in [-0.15, -0.1) is 0 Å². The summed E-state index contributed by atoms with van der Waals surface area (Å²) in [7, 11) is 0. The van der Waals surface area contributed by atoms with Crippen LogP contribution in [-0.4, -0.2) is 9.55 Å². The Morgan fingerprint density at radius 1 is 1.21 bits per heavy atom. The lowest BCUT2D eigenvalue weighted by Crippen LogP contribution is -2.02. The fourth-order valence-corrected chi connectivity index (χ4v) is 2.46. The number of benzene rings is 2. The van der Waals surface area contributed by atoms with E-state index in [9.17, 15) is 4.39 Å². The average molecular weight is 320 g/mol. The van der Waals surface area contributed by atoms with Crippen LogP contribution in [0.4, 0.5) is 10.3 Å². The Labute approximate surface area is 118 Å². The van der Waals surface area contributed by atoms with Crippen molar-refractivity contribution < 1.29 is 4.39 Å². The van der Waals surface area contributed by atoms with Crippen molar-refractivity contribution in [1.82, 2.24) is 9.55 Å². The summed E-state index contributed by atoms with van der Waals surface area (Å²) in [6, 6.07) is 10.6. The van der Waals surface area contributed by atoms with Crippen LogP contribution in [0.15, 0.2) is 40.9 Å². The fourth-order valence-electron chi connectivity index (χ4n) is 2.12. The normalized spacial score (nSPS) is 11.1. The third-order valence-electron chi connectivity index (χ3n) is 2.99. The molecule has 0 unspecified atom stereocenters. The number of nitrogens with two attached hydrogens (primary N) is 1. The van der Waals surface area contributed by atoms with Crippen LogP contribution in [0.5, 0.6) is 0 Å². The van der Waals surface area contributed by atoms with Crippen molar-refractivity contribution in [2.75, 3.05) is 5.73 Å². The number of halogens is 2. The first-order chi connectivity index (χ1) is 9.06. The van der Waals surface area contributed by atoms with E-state index in [4.69, 9.17) is 5.73 Å². The highest BCUT2D eigenvalue weighted by Gasteiger charge is 2.13. The molecule has 0 amide bonds. The van der Waals surface area contributed by atoms with Crippen LogP contribution in [0.2, 0.25) is 0 Å². The predicted octanol–water partition coefficient (Wildman–Crippen LogP) is 3.82. The average Bonchev–Trinajstić information content (AvgIpc) is 2.65. The number of rotatable bonds is 1. The van der Waals surface area contributed by atoms with Crippen molar-refractivity contribution in [3.05, 3.63) is 52.3 Å². The molecule has 0 fully saturated rings. The van der Waals surface area contributed by atoms with E-state index in [-0.39, 0.29) is 11.8 Å². The van der Waals surface area contributed by atoms with Gasteiger partial charge in [-0.3, -0.25) is 4.57 Å². The lowest BCUT2D eigenvalue weighted by molar-refractivity contribution is 0.619. The van der Waals surface area contributed by atoms with Crippen LogP contribution < -0.4 is 5.73 Å². The summed E-state index contributed by atoms with van der Waals surface area (Å²) in [6.07, 6.45) is 0. The Bertz CT molecular complexity index is 780. The van der Waals surface area contributed by atoms with E-state index in [0.717, 1.165) is 16.6 Å². The SMILES string of the molecule is Cc1ccc2c(c1)nc(N)n2-c1ccc(Br)cc1F. The van der Waals surface area contributed by atoms with Gasteiger partial charge in [0.15, 0.2) is 0 Å². The molecule has 0 atom stereocenters. The molecule has 19 heavy (non-hydrogen) atoms. The minimum atomic E-state index is -0.346. The molecule has 1 aromatic heterocycles. The van der Waals surface area contributed by atoms with Gasteiger partial charge in [0.25, 0.3) is 0 Å². The zero-order valence-electron chi connectivity index (χ0n) is 10.2. The van der Waals surface area contributed by atoms with E-state index in [1.54, 1.807) is 16.7 Å². The van der Waals surface area contributed by atoms with E-state index < -0.39 is 0 Å². The second kappa shape index (κ2) is 4.35. The van der Waals surface area contributed by atoms with E-state index in [2.05, 4.69) is 20.9 Å². The van der Waals surface area contributed by atoms with Crippen LogP contribution in [0.1, 0.15) is 5.56 Å². The molecule has 0 bridgehead atoms. The Morgan fingerprint density at radius 3 is 2.74 bits per heavy atom. The number of nitrogens with zero attached hydrogens (tertiary/aromatic N) is 2. The maximum atomic E-state index is 14.1. The van der Waals surface area contributed by atoms with Crippen LogP contribution in [-0.2, 0) is 0 Å². The van der Waals surface area contributed by atoms with Crippen molar-refractivity contribution in [2.45, 2.75) is 6.92 Å². The minimum absolute atomic E-state index is 0.279. The van der Waals surface area contributed by atoms with Gasteiger partial charge in [0, 0.05) is 4.47 Å². The summed E-state index contributed by atoms with van der Waals surface area (Å²) in [5.74, 6) is -0.0669. The first kappa shape index (κ1) is 12.2. The molecule has 0 radical (unpaired) electrons. The van der Waals surface area contributed by atoms with Gasteiger partial charge in [-0.2, -0.15) is 0 Å². The molecule has 5 heteroatoms. The Kier molecular flexibility index (Phi) is 2.78. The molecule has 3 aromatic rings. The molecule has 1 heterocycles. The van der Waals surface area contributed by atoms with Crippen LogP contribution in [0, 0.1) is 12.7 Å². The molecule has 3 rings (SSSR count). The van der Waals surface area contributed by atoms with Crippen molar-refractivity contribution in [1.29, 1.82) is 0 Å². The van der Waals surface area contributed by atoms with Crippen LogP contribution >= 0.6 is 15.9 Å². The van der Waals surface area contributed by atoms with Gasteiger partial charge >= 0.3 is 0 Å². The highest BCUT2D eigenvalue weighted by molar-refractivity contribution is 9.10. The maximum absolute atomic E-state index is 14.1. The van der Waals surface area contributed by atoms with Gasteiger partial charge < -0.3 is 5.73 Å². The summed E-state index contributed by atoms with van der Waals surface area (Å²) < 4.78 is 16.4. The largest absolute Gasteiger partial charge is 0.369 e. The quantitative estimate of drug-likeness (QED) is 0.741. The second-order valence-electron chi connectivity index (χ2n) is 4.39.